The van der Waals surface area contributed by atoms with Crippen LogP contribution in [0.4, 0.5) is 0 Å². The van der Waals surface area contributed by atoms with Crippen LogP contribution >= 0.6 is 0 Å². The van der Waals surface area contributed by atoms with Gasteiger partial charge in [-0.15, -0.1) is 0 Å². The number of fused-ring (bicyclic) bond motifs is 3. The first-order chi connectivity index (χ1) is 17.7. The summed E-state index contributed by atoms with van der Waals surface area (Å²) >= 11 is 0. The van der Waals surface area contributed by atoms with Gasteiger partial charge < -0.3 is 14.2 Å². The Labute approximate surface area is 209 Å². The van der Waals surface area contributed by atoms with E-state index in [9.17, 15) is 0 Å². The SMILES string of the molecule is COc1cc(C#Cc2c(C#Cc3ccccc3)c3cccnc3c3ncccc23)cc(OC)c1OC. The van der Waals surface area contributed by atoms with E-state index in [0.29, 0.717) is 17.2 Å². The van der Waals surface area contributed by atoms with Crippen LogP contribution in [0, 0.1) is 23.7 Å². The maximum absolute atomic E-state index is 5.50. The Morgan fingerprint density at radius 2 is 1.08 bits per heavy atom. The van der Waals surface area contributed by atoms with Crippen LogP contribution < -0.4 is 14.2 Å². The number of hydrogen-bond acceptors (Lipinski definition) is 5. The second-order valence-electron chi connectivity index (χ2n) is 7.83. The molecule has 0 unspecified atom stereocenters. The molecule has 2 heterocycles. The summed E-state index contributed by atoms with van der Waals surface area (Å²) in [7, 11) is 4.74. The monoisotopic (exact) mass is 470 g/mol. The van der Waals surface area contributed by atoms with Crippen molar-refractivity contribution in [1.82, 2.24) is 9.97 Å². The highest BCUT2D eigenvalue weighted by Gasteiger charge is 2.15. The van der Waals surface area contributed by atoms with Crippen molar-refractivity contribution in [2.75, 3.05) is 21.3 Å². The molecule has 0 aliphatic carbocycles. The van der Waals surface area contributed by atoms with E-state index in [1.807, 2.05) is 66.7 Å². The van der Waals surface area contributed by atoms with Crippen molar-refractivity contribution in [3.05, 3.63) is 101 Å². The fraction of sp³-hybridized carbons (Fsp3) is 0.0968. The minimum absolute atomic E-state index is 0.520. The second-order valence-corrected chi connectivity index (χ2v) is 7.83. The van der Waals surface area contributed by atoms with Crippen LogP contribution in [0.15, 0.2) is 79.1 Å². The third-order valence-electron chi connectivity index (χ3n) is 5.73. The van der Waals surface area contributed by atoms with Gasteiger partial charge in [0.05, 0.1) is 43.5 Å². The molecule has 0 N–H and O–H groups in total. The Bertz CT molecular complexity index is 1680. The van der Waals surface area contributed by atoms with Crippen LogP contribution in [0.3, 0.4) is 0 Å². The molecule has 5 rings (SSSR count). The quantitative estimate of drug-likeness (QED) is 0.254. The van der Waals surface area contributed by atoms with E-state index < -0.39 is 0 Å². The Hall–Kier alpha value is -5.00. The first-order valence-electron chi connectivity index (χ1n) is 11.3. The van der Waals surface area contributed by atoms with Crippen LogP contribution in [0.2, 0.25) is 0 Å². The Morgan fingerprint density at radius 3 is 1.58 bits per heavy atom. The molecule has 0 saturated heterocycles. The smallest absolute Gasteiger partial charge is 0.203 e. The summed E-state index contributed by atoms with van der Waals surface area (Å²) in [6, 6.07) is 21.4. The van der Waals surface area contributed by atoms with Gasteiger partial charge in [-0.05, 0) is 48.5 Å². The van der Waals surface area contributed by atoms with Crippen LogP contribution in [0.1, 0.15) is 22.3 Å². The first kappa shape index (κ1) is 22.8. The van der Waals surface area contributed by atoms with Crippen molar-refractivity contribution in [2.24, 2.45) is 0 Å². The molecule has 5 heteroatoms. The van der Waals surface area contributed by atoms with Gasteiger partial charge in [0.1, 0.15) is 0 Å². The van der Waals surface area contributed by atoms with Gasteiger partial charge in [-0.3, -0.25) is 9.97 Å². The first-order valence-corrected chi connectivity index (χ1v) is 11.3. The summed E-state index contributed by atoms with van der Waals surface area (Å²) in [4.78, 5) is 9.25. The van der Waals surface area contributed by atoms with Crippen LogP contribution in [-0.4, -0.2) is 31.3 Å². The highest BCUT2D eigenvalue weighted by atomic mass is 16.5. The highest BCUT2D eigenvalue weighted by molar-refractivity contribution is 6.09. The molecule has 0 bridgehead atoms. The van der Waals surface area contributed by atoms with E-state index >= 15 is 0 Å². The molecule has 174 valence electrons. The molecule has 3 aromatic carbocycles. The molecule has 0 spiro atoms. The summed E-state index contributed by atoms with van der Waals surface area (Å²) in [5.74, 6) is 14.9. The number of rotatable bonds is 3. The number of nitrogens with zero attached hydrogens (tertiary/aromatic N) is 2. The van der Waals surface area contributed by atoms with Gasteiger partial charge in [0, 0.05) is 34.3 Å². The molecular formula is C31H22N2O3. The lowest BCUT2D eigenvalue weighted by Gasteiger charge is -2.12. The Kier molecular flexibility index (Phi) is 6.38. The number of aromatic nitrogens is 2. The van der Waals surface area contributed by atoms with Gasteiger partial charge in [-0.25, -0.2) is 0 Å². The third kappa shape index (κ3) is 4.27. The minimum atomic E-state index is 0.520. The van der Waals surface area contributed by atoms with Crippen molar-refractivity contribution < 1.29 is 14.2 Å². The fourth-order valence-corrected chi connectivity index (χ4v) is 4.06. The average Bonchev–Trinajstić information content (AvgIpc) is 2.95. The van der Waals surface area contributed by atoms with Gasteiger partial charge >= 0.3 is 0 Å². The molecule has 0 atom stereocenters. The minimum Gasteiger partial charge on any atom is -0.493 e. The third-order valence-corrected chi connectivity index (χ3v) is 5.73. The number of hydrogen-bond donors (Lipinski definition) is 0. The maximum Gasteiger partial charge on any atom is 0.203 e. The standard InChI is InChI=1S/C31H22N2O3/c1-34-27-19-22(20-28(35-2)31(27)36-3)14-16-24-23(15-13-21-9-5-4-6-10-21)25-11-7-17-32-29(25)30-26(24)12-8-18-33-30/h4-12,17-20H,1-3H3. The zero-order valence-corrected chi connectivity index (χ0v) is 20.1. The van der Waals surface area contributed by atoms with Crippen molar-refractivity contribution in [2.45, 2.75) is 0 Å². The van der Waals surface area contributed by atoms with Crippen LogP contribution in [0.5, 0.6) is 17.2 Å². The van der Waals surface area contributed by atoms with Gasteiger partial charge in [0.2, 0.25) is 5.75 Å². The van der Waals surface area contributed by atoms with E-state index in [2.05, 4.69) is 33.6 Å². The molecule has 36 heavy (non-hydrogen) atoms. The van der Waals surface area contributed by atoms with E-state index in [1.165, 1.54) is 0 Å². The number of methoxy groups -OCH3 is 3. The zero-order chi connectivity index (χ0) is 24.9. The lowest BCUT2D eigenvalue weighted by Crippen LogP contribution is -1.96. The molecule has 0 saturated carbocycles. The molecule has 2 aromatic heterocycles. The predicted molar refractivity (Wildman–Crippen MR) is 142 cm³/mol. The summed E-state index contributed by atoms with van der Waals surface area (Å²) in [5.41, 5.74) is 4.81. The van der Waals surface area contributed by atoms with Crippen LogP contribution in [0.25, 0.3) is 21.8 Å². The molecule has 0 aliphatic rings. The van der Waals surface area contributed by atoms with Gasteiger partial charge in [0.25, 0.3) is 0 Å². The van der Waals surface area contributed by atoms with Gasteiger partial charge in [0.15, 0.2) is 11.5 Å². The lowest BCUT2D eigenvalue weighted by molar-refractivity contribution is 0.324. The molecule has 0 amide bonds. The number of benzene rings is 3. The largest absolute Gasteiger partial charge is 0.493 e. The fourth-order valence-electron chi connectivity index (χ4n) is 4.06. The normalized spacial score (nSPS) is 10.2. The molecule has 5 nitrogen and oxygen atoms in total. The Morgan fingerprint density at radius 1 is 0.556 bits per heavy atom. The van der Waals surface area contributed by atoms with Crippen LogP contribution in [-0.2, 0) is 0 Å². The summed E-state index contributed by atoms with van der Waals surface area (Å²) in [5, 5.41) is 1.79. The van der Waals surface area contributed by atoms with E-state index in [4.69, 9.17) is 14.2 Å². The second kappa shape index (κ2) is 10.1. The number of ether oxygens (including phenoxy) is 3. The van der Waals surface area contributed by atoms with Crippen molar-refractivity contribution >= 4 is 21.8 Å². The van der Waals surface area contributed by atoms with Crippen molar-refractivity contribution in [1.29, 1.82) is 0 Å². The van der Waals surface area contributed by atoms with Gasteiger partial charge in [-0.2, -0.15) is 0 Å². The summed E-state index contributed by atoms with van der Waals surface area (Å²) in [6.45, 7) is 0. The molecule has 0 radical (unpaired) electrons. The topological polar surface area (TPSA) is 53.5 Å². The molecular weight excluding hydrogens is 448 g/mol. The van der Waals surface area contributed by atoms with E-state index in [-0.39, 0.29) is 0 Å². The summed E-state index contributed by atoms with van der Waals surface area (Å²) in [6.07, 6.45) is 3.54. The average molecular weight is 471 g/mol. The van der Waals surface area contributed by atoms with Gasteiger partial charge in [-0.1, -0.05) is 41.9 Å². The van der Waals surface area contributed by atoms with Crippen molar-refractivity contribution in [3.63, 3.8) is 0 Å². The summed E-state index contributed by atoms with van der Waals surface area (Å²) < 4.78 is 16.4. The molecule has 0 aliphatic heterocycles. The molecule has 0 fully saturated rings. The van der Waals surface area contributed by atoms with Crippen molar-refractivity contribution in [3.8, 4) is 40.9 Å². The predicted octanol–water partition coefficient (Wildman–Crippen LogP) is 5.61. The highest BCUT2D eigenvalue weighted by Crippen LogP contribution is 2.38. The molecule has 5 aromatic rings. The maximum atomic E-state index is 5.50. The van der Waals surface area contributed by atoms with E-state index in [0.717, 1.165) is 44.1 Å². The Balaban J connectivity index is 1.78. The number of pyridine rings is 2. The lowest BCUT2D eigenvalue weighted by atomic mass is 9.96. The zero-order valence-electron chi connectivity index (χ0n) is 20.1. The van der Waals surface area contributed by atoms with E-state index in [1.54, 1.807) is 33.7 Å².